The predicted molar refractivity (Wildman–Crippen MR) is 91.9 cm³/mol. The molecule has 4 nitrogen and oxygen atoms in total. The molecule has 0 radical (unpaired) electrons. The van der Waals surface area contributed by atoms with Crippen molar-refractivity contribution in [3.05, 3.63) is 69.9 Å². The summed E-state index contributed by atoms with van der Waals surface area (Å²) in [4.78, 5) is 24.1. The van der Waals surface area contributed by atoms with Crippen molar-refractivity contribution in [2.45, 2.75) is 18.9 Å². The molecule has 6 heteroatoms. The van der Waals surface area contributed by atoms with E-state index in [0.717, 1.165) is 10.0 Å². The molecule has 0 saturated heterocycles. The second kappa shape index (κ2) is 8.59. The highest BCUT2D eigenvalue weighted by atomic mass is 79.9. The van der Waals surface area contributed by atoms with Crippen molar-refractivity contribution in [1.82, 2.24) is 5.32 Å². The largest absolute Gasteiger partial charge is 0.467 e. The molecule has 126 valence electrons. The maximum Gasteiger partial charge on any atom is 0.328 e. The second-order valence-electron chi connectivity index (χ2n) is 5.28. The van der Waals surface area contributed by atoms with Crippen LogP contribution in [0.1, 0.15) is 11.1 Å². The molecule has 1 amide bonds. The summed E-state index contributed by atoms with van der Waals surface area (Å²) in [5.74, 6) is -1.30. The minimum atomic E-state index is -0.801. The third kappa shape index (κ3) is 5.45. The topological polar surface area (TPSA) is 55.4 Å². The normalized spacial score (nSPS) is 11.6. The van der Waals surface area contributed by atoms with E-state index >= 15 is 0 Å². The lowest BCUT2D eigenvalue weighted by molar-refractivity contribution is -0.145. The van der Waals surface area contributed by atoms with Crippen molar-refractivity contribution in [1.29, 1.82) is 0 Å². The first-order valence-corrected chi connectivity index (χ1v) is 8.13. The van der Waals surface area contributed by atoms with Crippen LogP contribution < -0.4 is 5.32 Å². The molecule has 1 atom stereocenters. The van der Waals surface area contributed by atoms with Crippen LogP contribution in [0.2, 0.25) is 0 Å². The van der Waals surface area contributed by atoms with E-state index in [1.807, 2.05) is 24.3 Å². The molecule has 0 spiro atoms. The number of methoxy groups -OCH3 is 1. The summed E-state index contributed by atoms with van der Waals surface area (Å²) in [5.41, 5.74) is 1.42. The molecular formula is C18H17BrFNO3. The molecule has 0 unspecified atom stereocenters. The Balaban J connectivity index is 2.05. The van der Waals surface area contributed by atoms with Crippen LogP contribution in [0.4, 0.5) is 4.39 Å². The maximum absolute atomic E-state index is 13.2. The monoisotopic (exact) mass is 393 g/mol. The van der Waals surface area contributed by atoms with E-state index in [4.69, 9.17) is 4.74 Å². The first kappa shape index (κ1) is 18.1. The summed E-state index contributed by atoms with van der Waals surface area (Å²) in [6.45, 7) is 0. The molecule has 0 aromatic heterocycles. The highest BCUT2D eigenvalue weighted by Crippen LogP contribution is 2.14. The van der Waals surface area contributed by atoms with Gasteiger partial charge in [-0.05, 0) is 35.4 Å². The molecular weight excluding hydrogens is 377 g/mol. The quantitative estimate of drug-likeness (QED) is 0.767. The number of halogens is 2. The number of nitrogens with one attached hydrogen (secondary N) is 1. The van der Waals surface area contributed by atoms with Crippen LogP contribution in [0.5, 0.6) is 0 Å². The Morgan fingerprint density at radius 3 is 2.54 bits per heavy atom. The van der Waals surface area contributed by atoms with Gasteiger partial charge in [-0.1, -0.05) is 40.2 Å². The van der Waals surface area contributed by atoms with Crippen molar-refractivity contribution in [2.24, 2.45) is 0 Å². The predicted octanol–water partition coefficient (Wildman–Crippen LogP) is 3.03. The molecule has 0 aliphatic rings. The zero-order valence-electron chi connectivity index (χ0n) is 13.1. The first-order valence-electron chi connectivity index (χ1n) is 7.34. The Kier molecular flexibility index (Phi) is 6.49. The number of ether oxygens (including phenoxy) is 1. The Hall–Kier alpha value is -2.21. The fourth-order valence-electron chi connectivity index (χ4n) is 2.31. The molecule has 0 fully saturated rings. The van der Waals surface area contributed by atoms with Gasteiger partial charge in [-0.15, -0.1) is 0 Å². The standard InChI is InChI=1S/C18H17BrFNO3/c1-24-18(23)16(10-12-4-2-6-14(19)8-12)21-17(22)11-13-5-3-7-15(20)9-13/h2-9,16H,10-11H2,1H3,(H,21,22)/t16-/m1/s1. The molecule has 0 aliphatic carbocycles. The molecule has 2 aromatic carbocycles. The average Bonchev–Trinajstić information content (AvgIpc) is 2.53. The lowest BCUT2D eigenvalue weighted by Gasteiger charge is -2.17. The number of esters is 1. The molecule has 0 bridgehead atoms. The number of hydrogen-bond donors (Lipinski definition) is 1. The molecule has 24 heavy (non-hydrogen) atoms. The van der Waals surface area contributed by atoms with Gasteiger partial charge in [0.1, 0.15) is 11.9 Å². The smallest absolute Gasteiger partial charge is 0.328 e. The third-order valence-electron chi connectivity index (χ3n) is 3.40. The van der Waals surface area contributed by atoms with Gasteiger partial charge < -0.3 is 10.1 Å². The molecule has 1 N–H and O–H groups in total. The van der Waals surface area contributed by atoms with Crippen molar-refractivity contribution in [3.63, 3.8) is 0 Å². The fraction of sp³-hybridized carbons (Fsp3) is 0.222. The van der Waals surface area contributed by atoms with Crippen LogP contribution >= 0.6 is 15.9 Å². The van der Waals surface area contributed by atoms with Crippen LogP contribution in [0.3, 0.4) is 0 Å². The SMILES string of the molecule is COC(=O)[C@@H](Cc1cccc(Br)c1)NC(=O)Cc1cccc(F)c1. The highest BCUT2D eigenvalue weighted by molar-refractivity contribution is 9.10. The van der Waals surface area contributed by atoms with Crippen LogP contribution in [0.15, 0.2) is 53.0 Å². The van der Waals surface area contributed by atoms with Gasteiger partial charge in [0.2, 0.25) is 5.91 Å². The average molecular weight is 394 g/mol. The molecule has 2 rings (SSSR count). The van der Waals surface area contributed by atoms with E-state index in [1.54, 1.807) is 6.07 Å². The summed E-state index contributed by atoms with van der Waals surface area (Å²) >= 11 is 3.37. The van der Waals surface area contributed by atoms with Crippen molar-refractivity contribution >= 4 is 27.8 Å². The van der Waals surface area contributed by atoms with E-state index in [2.05, 4.69) is 21.2 Å². The van der Waals surface area contributed by atoms with Crippen molar-refractivity contribution < 1.29 is 18.7 Å². The summed E-state index contributed by atoms with van der Waals surface area (Å²) in [6, 6.07) is 12.5. The van der Waals surface area contributed by atoms with Crippen molar-refractivity contribution in [3.8, 4) is 0 Å². The summed E-state index contributed by atoms with van der Waals surface area (Å²) in [7, 11) is 1.27. The number of benzene rings is 2. The Labute approximate surface area is 148 Å². The summed E-state index contributed by atoms with van der Waals surface area (Å²) in [5, 5.41) is 2.65. The van der Waals surface area contributed by atoms with Gasteiger partial charge in [-0.2, -0.15) is 0 Å². The second-order valence-corrected chi connectivity index (χ2v) is 6.20. The molecule has 0 aliphatic heterocycles. The van der Waals surface area contributed by atoms with Gasteiger partial charge in [-0.3, -0.25) is 4.79 Å². The summed E-state index contributed by atoms with van der Waals surface area (Å²) < 4.78 is 18.8. The van der Waals surface area contributed by atoms with E-state index < -0.39 is 17.8 Å². The van der Waals surface area contributed by atoms with Gasteiger partial charge in [0.15, 0.2) is 0 Å². The van der Waals surface area contributed by atoms with Gasteiger partial charge >= 0.3 is 5.97 Å². The molecule has 0 heterocycles. The van der Waals surface area contributed by atoms with E-state index in [0.29, 0.717) is 12.0 Å². The highest BCUT2D eigenvalue weighted by Gasteiger charge is 2.22. The number of hydrogen-bond acceptors (Lipinski definition) is 3. The van der Waals surface area contributed by atoms with Crippen LogP contribution in [-0.2, 0) is 27.2 Å². The summed E-state index contributed by atoms with van der Waals surface area (Å²) in [6.07, 6.45) is 0.296. The third-order valence-corrected chi connectivity index (χ3v) is 3.90. The Morgan fingerprint density at radius 1 is 1.17 bits per heavy atom. The van der Waals surface area contributed by atoms with E-state index in [1.165, 1.54) is 25.3 Å². The lowest BCUT2D eigenvalue weighted by Crippen LogP contribution is -2.43. The first-order chi connectivity index (χ1) is 11.5. The zero-order valence-corrected chi connectivity index (χ0v) is 14.7. The van der Waals surface area contributed by atoms with Gasteiger partial charge in [-0.25, -0.2) is 9.18 Å². The zero-order chi connectivity index (χ0) is 17.5. The fourth-order valence-corrected chi connectivity index (χ4v) is 2.76. The molecule has 2 aromatic rings. The number of carbonyl (C=O) groups is 2. The van der Waals surface area contributed by atoms with Crippen LogP contribution in [-0.4, -0.2) is 25.0 Å². The van der Waals surface area contributed by atoms with Gasteiger partial charge in [0.25, 0.3) is 0 Å². The Bertz CT molecular complexity index is 736. The Morgan fingerprint density at radius 2 is 1.88 bits per heavy atom. The van der Waals surface area contributed by atoms with E-state index in [9.17, 15) is 14.0 Å². The number of carbonyl (C=O) groups excluding carboxylic acids is 2. The molecule has 0 saturated carbocycles. The van der Waals surface area contributed by atoms with E-state index in [-0.39, 0.29) is 12.3 Å². The van der Waals surface area contributed by atoms with Crippen LogP contribution in [0.25, 0.3) is 0 Å². The van der Waals surface area contributed by atoms with Gasteiger partial charge in [0, 0.05) is 10.9 Å². The minimum absolute atomic E-state index is 0.0102. The lowest BCUT2D eigenvalue weighted by atomic mass is 10.1. The number of rotatable bonds is 6. The number of amides is 1. The van der Waals surface area contributed by atoms with Crippen molar-refractivity contribution in [2.75, 3.05) is 7.11 Å². The minimum Gasteiger partial charge on any atom is -0.467 e. The van der Waals surface area contributed by atoms with Gasteiger partial charge in [0.05, 0.1) is 13.5 Å². The van der Waals surface area contributed by atoms with Crippen LogP contribution in [0, 0.1) is 5.82 Å². The maximum atomic E-state index is 13.2.